The molecule has 2 aliphatic carbocycles. The zero-order valence-corrected chi connectivity index (χ0v) is 13.0. The van der Waals surface area contributed by atoms with Crippen molar-refractivity contribution in [2.75, 3.05) is 0 Å². The molecule has 0 nitrogen and oxygen atoms in total. The zero-order chi connectivity index (χ0) is 13.0. The summed E-state index contributed by atoms with van der Waals surface area (Å²) in [6.07, 6.45) is 15.2. The Morgan fingerprint density at radius 3 is 2.00 bits per heavy atom. The summed E-state index contributed by atoms with van der Waals surface area (Å²) in [5, 5.41) is 0. The summed E-state index contributed by atoms with van der Waals surface area (Å²) < 4.78 is 0. The van der Waals surface area contributed by atoms with Gasteiger partial charge >= 0.3 is 0 Å². The van der Waals surface area contributed by atoms with Gasteiger partial charge in [0.05, 0.1) is 0 Å². The van der Waals surface area contributed by atoms with Crippen LogP contribution >= 0.6 is 0 Å². The molecular weight excluding hydrogens is 216 g/mol. The molecule has 0 spiro atoms. The molecule has 4 atom stereocenters. The van der Waals surface area contributed by atoms with Gasteiger partial charge in [0.15, 0.2) is 0 Å². The van der Waals surface area contributed by atoms with Gasteiger partial charge in [-0.3, -0.25) is 0 Å². The Morgan fingerprint density at radius 2 is 1.33 bits per heavy atom. The highest BCUT2D eigenvalue weighted by Crippen LogP contribution is 2.39. The molecule has 0 aliphatic heterocycles. The maximum Gasteiger partial charge on any atom is -0.0409 e. The van der Waals surface area contributed by atoms with E-state index in [1.54, 1.807) is 12.8 Å². The molecule has 106 valence electrons. The highest BCUT2D eigenvalue weighted by atomic mass is 14.3. The highest BCUT2D eigenvalue weighted by Gasteiger charge is 2.26. The molecule has 0 bridgehead atoms. The second kappa shape index (κ2) is 6.96. The molecule has 0 N–H and O–H groups in total. The van der Waals surface area contributed by atoms with Crippen LogP contribution in [0.15, 0.2) is 0 Å². The van der Waals surface area contributed by atoms with E-state index < -0.39 is 0 Å². The number of rotatable bonds is 4. The topological polar surface area (TPSA) is 0 Å². The van der Waals surface area contributed by atoms with Crippen molar-refractivity contribution in [2.45, 2.75) is 85.0 Å². The lowest BCUT2D eigenvalue weighted by molar-refractivity contribution is 0.182. The molecular formula is C18H34. The molecule has 4 unspecified atom stereocenters. The average molecular weight is 250 g/mol. The SMILES string of the molecule is CCC1CCCC(CCC2CC(C)CC(C)C2)C1. The third-order valence-corrected chi connectivity index (χ3v) is 5.73. The van der Waals surface area contributed by atoms with Gasteiger partial charge in [-0.25, -0.2) is 0 Å². The minimum atomic E-state index is 0.994. The normalized spacial score (nSPS) is 41.8. The van der Waals surface area contributed by atoms with Crippen molar-refractivity contribution < 1.29 is 0 Å². The molecule has 2 aliphatic rings. The molecule has 0 heteroatoms. The van der Waals surface area contributed by atoms with Crippen LogP contribution in [0.3, 0.4) is 0 Å². The van der Waals surface area contributed by atoms with Crippen molar-refractivity contribution in [1.82, 2.24) is 0 Å². The summed E-state index contributed by atoms with van der Waals surface area (Å²) in [6.45, 7) is 7.32. The van der Waals surface area contributed by atoms with Gasteiger partial charge in [0.1, 0.15) is 0 Å². The summed E-state index contributed by atoms with van der Waals surface area (Å²) in [5.74, 6) is 5.19. The molecule has 2 saturated carbocycles. The molecule has 0 radical (unpaired) electrons. The molecule has 0 amide bonds. The Bertz CT molecular complexity index is 222. The van der Waals surface area contributed by atoms with Crippen molar-refractivity contribution in [3.05, 3.63) is 0 Å². The van der Waals surface area contributed by atoms with Gasteiger partial charge in [0, 0.05) is 0 Å². The Kier molecular flexibility index (Phi) is 5.57. The first-order valence-electron chi connectivity index (χ1n) is 8.67. The Balaban J connectivity index is 1.70. The summed E-state index contributed by atoms with van der Waals surface area (Å²) in [5.41, 5.74) is 0. The fourth-order valence-electron chi connectivity index (χ4n) is 4.86. The monoisotopic (exact) mass is 250 g/mol. The largest absolute Gasteiger partial charge is 0.0651 e. The molecule has 0 aromatic rings. The van der Waals surface area contributed by atoms with Gasteiger partial charge in [0.2, 0.25) is 0 Å². The predicted octanol–water partition coefficient (Wildman–Crippen LogP) is 6.06. The first kappa shape index (κ1) is 14.4. The van der Waals surface area contributed by atoms with Gasteiger partial charge in [-0.2, -0.15) is 0 Å². The van der Waals surface area contributed by atoms with E-state index in [-0.39, 0.29) is 0 Å². The minimum Gasteiger partial charge on any atom is -0.0651 e. The van der Waals surface area contributed by atoms with Crippen LogP contribution in [-0.4, -0.2) is 0 Å². The highest BCUT2D eigenvalue weighted by molar-refractivity contribution is 4.78. The van der Waals surface area contributed by atoms with Gasteiger partial charge in [-0.05, 0) is 55.3 Å². The fraction of sp³-hybridized carbons (Fsp3) is 1.00. The lowest BCUT2D eigenvalue weighted by Crippen LogP contribution is -2.21. The Labute approximate surface area is 115 Å². The standard InChI is InChI=1S/C18H34/c1-4-16-6-5-7-17(13-16)8-9-18-11-14(2)10-15(3)12-18/h14-18H,4-13H2,1-3H3. The third-order valence-electron chi connectivity index (χ3n) is 5.73. The lowest BCUT2D eigenvalue weighted by atomic mass is 9.72. The van der Waals surface area contributed by atoms with E-state index in [9.17, 15) is 0 Å². The van der Waals surface area contributed by atoms with Crippen molar-refractivity contribution in [1.29, 1.82) is 0 Å². The molecule has 0 aromatic carbocycles. The lowest BCUT2D eigenvalue weighted by Gasteiger charge is -2.34. The molecule has 0 aromatic heterocycles. The van der Waals surface area contributed by atoms with Gasteiger partial charge < -0.3 is 0 Å². The van der Waals surface area contributed by atoms with E-state index >= 15 is 0 Å². The van der Waals surface area contributed by atoms with Crippen molar-refractivity contribution in [2.24, 2.45) is 29.6 Å². The quantitative estimate of drug-likeness (QED) is 0.569. The maximum absolute atomic E-state index is 2.47. The molecule has 18 heavy (non-hydrogen) atoms. The van der Waals surface area contributed by atoms with Gasteiger partial charge in [-0.15, -0.1) is 0 Å². The average Bonchev–Trinajstić information content (AvgIpc) is 2.35. The van der Waals surface area contributed by atoms with E-state index in [0.717, 1.165) is 29.6 Å². The van der Waals surface area contributed by atoms with E-state index in [0.29, 0.717) is 0 Å². The maximum atomic E-state index is 2.47. The zero-order valence-electron chi connectivity index (χ0n) is 13.0. The van der Waals surface area contributed by atoms with Crippen LogP contribution in [0.4, 0.5) is 0 Å². The third kappa shape index (κ3) is 4.28. The molecule has 2 rings (SSSR count). The van der Waals surface area contributed by atoms with Crippen LogP contribution < -0.4 is 0 Å². The summed E-state index contributed by atoms with van der Waals surface area (Å²) >= 11 is 0. The van der Waals surface area contributed by atoms with Crippen molar-refractivity contribution in [3.63, 3.8) is 0 Å². The first-order chi connectivity index (χ1) is 8.67. The summed E-state index contributed by atoms with van der Waals surface area (Å²) in [7, 11) is 0. The van der Waals surface area contributed by atoms with Crippen LogP contribution in [0.5, 0.6) is 0 Å². The van der Waals surface area contributed by atoms with Crippen molar-refractivity contribution in [3.8, 4) is 0 Å². The van der Waals surface area contributed by atoms with Crippen LogP contribution in [0.25, 0.3) is 0 Å². The van der Waals surface area contributed by atoms with Gasteiger partial charge in [-0.1, -0.05) is 59.3 Å². The van der Waals surface area contributed by atoms with E-state index in [2.05, 4.69) is 20.8 Å². The fourth-order valence-corrected chi connectivity index (χ4v) is 4.86. The van der Waals surface area contributed by atoms with Crippen LogP contribution in [0, 0.1) is 29.6 Å². The molecule has 0 saturated heterocycles. The van der Waals surface area contributed by atoms with E-state index in [1.807, 2.05) is 0 Å². The Hall–Kier alpha value is 0. The summed E-state index contributed by atoms with van der Waals surface area (Å²) in [6, 6.07) is 0. The van der Waals surface area contributed by atoms with Gasteiger partial charge in [0.25, 0.3) is 0 Å². The van der Waals surface area contributed by atoms with Crippen molar-refractivity contribution >= 4 is 0 Å². The second-order valence-corrected chi connectivity index (χ2v) is 7.67. The van der Waals surface area contributed by atoms with E-state index in [1.165, 1.54) is 51.4 Å². The Morgan fingerprint density at radius 1 is 0.722 bits per heavy atom. The van der Waals surface area contributed by atoms with Crippen LogP contribution in [-0.2, 0) is 0 Å². The van der Waals surface area contributed by atoms with Crippen LogP contribution in [0.2, 0.25) is 0 Å². The first-order valence-corrected chi connectivity index (χ1v) is 8.67. The molecule has 0 heterocycles. The number of hydrogen-bond donors (Lipinski definition) is 0. The number of hydrogen-bond acceptors (Lipinski definition) is 0. The van der Waals surface area contributed by atoms with E-state index in [4.69, 9.17) is 0 Å². The second-order valence-electron chi connectivity index (χ2n) is 7.67. The van der Waals surface area contributed by atoms with Crippen LogP contribution in [0.1, 0.15) is 85.0 Å². The minimum absolute atomic E-state index is 0.994. The smallest absolute Gasteiger partial charge is 0.0409 e. The summed E-state index contributed by atoms with van der Waals surface area (Å²) in [4.78, 5) is 0. The molecule has 2 fully saturated rings. The predicted molar refractivity (Wildman–Crippen MR) is 80.6 cm³/mol.